The molecular weight excluding hydrogens is 415 g/mol. The third-order valence-corrected chi connectivity index (χ3v) is 5.84. The van der Waals surface area contributed by atoms with Crippen LogP contribution in [0.4, 0.5) is 5.13 Å². The van der Waals surface area contributed by atoms with E-state index in [4.69, 9.17) is 34.8 Å². The molecule has 5 nitrogen and oxygen atoms in total. The molecule has 0 atom stereocenters. The normalized spacial score (nSPS) is 15.5. The lowest BCUT2D eigenvalue weighted by Crippen LogP contribution is -2.39. The van der Waals surface area contributed by atoms with Gasteiger partial charge in [0.15, 0.2) is 4.84 Å². The van der Waals surface area contributed by atoms with Gasteiger partial charge in [0.2, 0.25) is 5.13 Å². The molecule has 1 aliphatic rings. The van der Waals surface area contributed by atoms with E-state index in [2.05, 4.69) is 19.6 Å². The highest BCUT2D eigenvalue weighted by molar-refractivity contribution is 7.09. The minimum Gasteiger partial charge on any atom is -0.353 e. The molecule has 0 unspecified atom stereocenters. The Morgan fingerprint density at radius 2 is 1.96 bits per heavy atom. The summed E-state index contributed by atoms with van der Waals surface area (Å²) in [7, 11) is 0. The largest absolute Gasteiger partial charge is 0.353 e. The minimum atomic E-state index is -1.00. The maximum Gasteiger partial charge on any atom is 0.253 e. The first-order valence-corrected chi connectivity index (χ1v) is 10.4. The predicted molar refractivity (Wildman–Crippen MR) is 108 cm³/mol. The van der Waals surface area contributed by atoms with Crippen molar-refractivity contribution in [2.45, 2.75) is 24.1 Å². The Labute approximate surface area is 171 Å². The number of carbonyl (C=O) groups is 1. The third kappa shape index (κ3) is 5.46. The highest BCUT2D eigenvalue weighted by Crippen LogP contribution is 2.25. The number of amides is 1. The lowest BCUT2D eigenvalue weighted by molar-refractivity contribution is -0.119. The van der Waals surface area contributed by atoms with E-state index >= 15 is 0 Å². The van der Waals surface area contributed by atoms with Gasteiger partial charge in [0, 0.05) is 42.6 Å². The van der Waals surface area contributed by atoms with Gasteiger partial charge in [0.25, 0.3) is 5.91 Å². The zero-order valence-electron chi connectivity index (χ0n) is 14.0. The molecule has 0 spiro atoms. The first kappa shape index (κ1) is 19.7. The van der Waals surface area contributed by atoms with E-state index in [1.54, 1.807) is 0 Å². The number of alkyl halides is 2. The molecule has 1 amide bonds. The van der Waals surface area contributed by atoms with E-state index < -0.39 is 4.84 Å². The van der Waals surface area contributed by atoms with Crippen molar-refractivity contribution in [2.24, 2.45) is 5.92 Å². The van der Waals surface area contributed by atoms with Gasteiger partial charge in [-0.25, -0.2) is 4.98 Å². The molecule has 1 aliphatic heterocycles. The van der Waals surface area contributed by atoms with Crippen LogP contribution in [0.3, 0.4) is 0 Å². The highest BCUT2D eigenvalue weighted by atomic mass is 35.5. The number of rotatable bonds is 6. The van der Waals surface area contributed by atoms with E-state index in [1.807, 2.05) is 24.3 Å². The van der Waals surface area contributed by atoms with Gasteiger partial charge < -0.3 is 10.2 Å². The monoisotopic (exact) mass is 432 g/mol. The van der Waals surface area contributed by atoms with Gasteiger partial charge in [-0.15, -0.1) is 0 Å². The molecule has 1 saturated heterocycles. The number of carbonyl (C=O) groups excluding carboxylic acids is 1. The lowest BCUT2D eigenvalue weighted by Gasteiger charge is -2.31. The van der Waals surface area contributed by atoms with Gasteiger partial charge >= 0.3 is 0 Å². The van der Waals surface area contributed by atoms with Crippen molar-refractivity contribution in [3.63, 3.8) is 0 Å². The van der Waals surface area contributed by atoms with Crippen LogP contribution in [-0.4, -0.2) is 39.7 Å². The van der Waals surface area contributed by atoms with Crippen molar-refractivity contribution in [3.05, 3.63) is 40.7 Å². The zero-order chi connectivity index (χ0) is 18.5. The summed E-state index contributed by atoms with van der Waals surface area (Å²) in [5.41, 5.74) is 1.14. The molecule has 2 aromatic rings. The number of nitrogens with one attached hydrogen (secondary N) is 1. The lowest BCUT2D eigenvalue weighted by atomic mass is 9.97. The Morgan fingerprint density at radius 1 is 1.27 bits per heavy atom. The molecule has 2 heterocycles. The number of hydrogen-bond acceptors (Lipinski definition) is 5. The van der Waals surface area contributed by atoms with E-state index in [0.717, 1.165) is 47.5 Å². The summed E-state index contributed by atoms with van der Waals surface area (Å²) in [6.07, 6.45) is 2.68. The minimum absolute atomic E-state index is 0.327. The summed E-state index contributed by atoms with van der Waals surface area (Å²) in [6, 6.07) is 7.75. The topological polar surface area (TPSA) is 58.1 Å². The molecule has 140 valence electrons. The summed E-state index contributed by atoms with van der Waals surface area (Å²) < 4.78 is 4.48. The van der Waals surface area contributed by atoms with Crippen molar-refractivity contribution in [3.8, 4) is 0 Å². The molecule has 9 heteroatoms. The van der Waals surface area contributed by atoms with Crippen LogP contribution in [0, 0.1) is 5.92 Å². The van der Waals surface area contributed by atoms with Crippen LogP contribution in [0.2, 0.25) is 5.02 Å². The summed E-state index contributed by atoms with van der Waals surface area (Å²) in [6.45, 7) is 2.42. The Hall–Kier alpha value is -1.08. The Balaban J connectivity index is 1.48. The van der Waals surface area contributed by atoms with E-state index in [-0.39, 0.29) is 5.91 Å². The molecule has 0 aliphatic carbocycles. The van der Waals surface area contributed by atoms with Crippen LogP contribution in [0.5, 0.6) is 0 Å². The smallest absolute Gasteiger partial charge is 0.253 e. The second-order valence-corrected chi connectivity index (χ2v) is 8.54. The number of hydrogen-bond donors (Lipinski definition) is 1. The van der Waals surface area contributed by atoms with Crippen molar-refractivity contribution >= 4 is 57.4 Å². The van der Waals surface area contributed by atoms with Gasteiger partial charge in [-0.1, -0.05) is 46.9 Å². The third-order valence-electron chi connectivity index (χ3n) is 4.38. The fraction of sp³-hybridized carbons (Fsp3) is 0.471. The summed E-state index contributed by atoms with van der Waals surface area (Å²) in [5.74, 6) is 0.937. The predicted octanol–water partition coefficient (Wildman–Crippen LogP) is 3.92. The van der Waals surface area contributed by atoms with Crippen molar-refractivity contribution in [1.29, 1.82) is 0 Å². The molecule has 1 fully saturated rings. The van der Waals surface area contributed by atoms with Crippen molar-refractivity contribution in [1.82, 2.24) is 14.7 Å². The van der Waals surface area contributed by atoms with Gasteiger partial charge in [-0.3, -0.25) is 4.79 Å². The SMILES string of the molecule is O=C(NCC1CCN(c2nc(Cc3ccc(Cl)cc3)ns2)CC1)C(Cl)Cl. The van der Waals surface area contributed by atoms with Gasteiger partial charge in [0.05, 0.1) is 0 Å². The second-order valence-electron chi connectivity index (χ2n) is 6.27. The molecule has 0 radical (unpaired) electrons. The molecule has 0 saturated carbocycles. The maximum atomic E-state index is 11.4. The molecule has 26 heavy (non-hydrogen) atoms. The van der Waals surface area contributed by atoms with Crippen molar-refractivity contribution < 1.29 is 4.79 Å². The Kier molecular flexibility index (Phi) is 6.98. The number of halogens is 3. The van der Waals surface area contributed by atoms with Crippen LogP contribution >= 0.6 is 46.3 Å². The molecular formula is C17H19Cl3N4OS. The Bertz CT molecular complexity index is 730. The zero-order valence-corrected chi connectivity index (χ0v) is 17.1. The molecule has 3 rings (SSSR count). The number of anilines is 1. The molecule has 1 aromatic carbocycles. The van der Waals surface area contributed by atoms with E-state index in [9.17, 15) is 4.79 Å². The van der Waals surface area contributed by atoms with Gasteiger partial charge in [-0.2, -0.15) is 4.37 Å². The van der Waals surface area contributed by atoms with Crippen LogP contribution < -0.4 is 10.2 Å². The average molecular weight is 434 g/mol. The van der Waals surface area contributed by atoms with Crippen LogP contribution in [0.1, 0.15) is 24.2 Å². The first-order chi connectivity index (χ1) is 12.5. The molecule has 1 aromatic heterocycles. The van der Waals surface area contributed by atoms with Gasteiger partial charge in [0.1, 0.15) is 5.82 Å². The van der Waals surface area contributed by atoms with E-state index in [1.165, 1.54) is 11.5 Å². The van der Waals surface area contributed by atoms with E-state index in [0.29, 0.717) is 18.9 Å². The molecule has 0 bridgehead atoms. The maximum absolute atomic E-state index is 11.4. The molecule has 1 N–H and O–H groups in total. The van der Waals surface area contributed by atoms with Crippen molar-refractivity contribution in [2.75, 3.05) is 24.5 Å². The first-order valence-electron chi connectivity index (χ1n) is 8.39. The standard InChI is InChI=1S/C17H19Cl3N4OS/c18-13-3-1-11(2-4-13)9-14-22-17(26-23-14)24-7-5-12(6-8-24)10-21-16(25)15(19)20/h1-4,12,15H,5-10H2,(H,21,25). The number of aromatic nitrogens is 2. The quantitative estimate of drug-likeness (QED) is 0.702. The fourth-order valence-electron chi connectivity index (χ4n) is 2.88. The van der Waals surface area contributed by atoms with Crippen LogP contribution in [-0.2, 0) is 11.2 Å². The van der Waals surface area contributed by atoms with Crippen LogP contribution in [0.25, 0.3) is 0 Å². The highest BCUT2D eigenvalue weighted by Gasteiger charge is 2.23. The summed E-state index contributed by atoms with van der Waals surface area (Å²) >= 11 is 18.4. The van der Waals surface area contributed by atoms with Gasteiger partial charge in [-0.05, 0) is 36.5 Å². The number of benzene rings is 1. The summed E-state index contributed by atoms with van der Waals surface area (Å²) in [4.78, 5) is 17.4. The fourth-order valence-corrected chi connectivity index (χ4v) is 3.90. The second kappa shape index (κ2) is 9.22. The summed E-state index contributed by atoms with van der Waals surface area (Å²) in [5, 5.41) is 4.47. The Morgan fingerprint density at radius 3 is 2.62 bits per heavy atom. The average Bonchev–Trinajstić information content (AvgIpc) is 3.10. The number of nitrogens with zero attached hydrogens (tertiary/aromatic N) is 3. The number of piperidine rings is 1. The van der Waals surface area contributed by atoms with Crippen LogP contribution in [0.15, 0.2) is 24.3 Å².